The van der Waals surface area contributed by atoms with E-state index < -0.39 is 0 Å². The van der Waals surface area contributed by atoms with Crippen LogP contribution >= 0.6 is 0 Å². The lowest BCUT2D eigenvalue weighted by Gasteiger charge is -2.06. The molecular weight excluding hydrogens is 293 g/mol. The van der Waals surface area contributed by atoms with Crippen LogP contribution in [0.25, 0.3) is 11.0 Å². The molecular formula is C18H21FN3O+. The van der Waals surface area contributed by atoms with E-state index in [0.717, 1.165) is 36.5 Å². The van der Waals surface area contributed by atoms with Crippen molar-refractivity contribution in [3.05, 3.63) is 54.3 Å². The summed E-state index contributed by atoms with van der Waals surface area (Å²) in [5.74, 6) is 1.18. The van der Waals surface area contributed by atoms with Crippen LogP contribution in [0.4, 0.5) is 10.3 Å². The van der Waals surface area contributed by atoms with E-state index in [-0.39, 0.29) is 5.82 Å². The first-order valence-electron chi connectivity index (χ1n) is 7.85. The molecule has 2 N–H and O–H groups in total. The molecule has 0 atom stereocenters. The van der Waals surface area contributed by atoms with Crippen molar-refractivity contribution in [1.82, 2.24) is 4.57 Å². The van der Waals surface area contributed by atoms with Crippen LogP contribution in [0.2, 0.25) is 0 Å². The van der Waals surface area contributed by atoms with Gasteiger partial charge in [0.15, 0.2) is 0 Å². The maximum Gasteiger partial charge on any atom is 0.356 e. The number of nitrogens with zero attached hydrogens (tertiary/aromatic N) is 2. The van der Waals surface area contributed by atoms with Crippen LogP contribution in [0, 0.1) is 5.82 Å². The topological polar surface area (TPSA) is 44.1 Å². The van der Waals surface area contributed by atoms with Gasteiger partial charge in [0.05, 0.1) is 19.7 Å². The number of rotatable bonds is 6. The molecule has 2 aromatic carbocycles. The lowest BCUT2D eigenvalue weighted by Crippen LogP contribution is -2.37. The van der Waals surface area contributed by atoms with Gasteiger partial charge in [0.25, 0.3) is 0 Å². The summed E-state index contributed by atoms with van der Waals surface area (Å²) in [6.07, 6.45) is 0.823. The fourth-order valence-electron chi connectivity index (χ4n) is 2.82. The number of halogens is 1. The molecule has 0 fully saturated rings. The zero-order chi connectivity index (χ0) is 16.2. The van der Waals surface area contributed by atoms with Crippen LogP contribution in [0.1, 0.15) is 13.3 Å². The Kier molecular flexibility index (Phi) is 4.46. The Morgan fingerprint density at radius 3 is 2.61 bits per heavy atom. The Labute approximate surface area is 134 Å². The molecule has 0 spiro atoms. The molecule has 1 aromatic heterocycles. The summed E-state index contributed by atoms with van der Waals surface area (Å²) in [5.41, 5.74) is 8.56. The first-order valence-corrected chi connectivity index (χ1v) is 7.85. The van der Waals surface area contributed by atoms with Crippen LogP contribution < -0.4 is 15.0 Å². The minimum Gasteiger partial charge on any atom is -0.493 e. The molecule has 0 saturated carbocycles. The zero-order valence-electron chi connectivity index (χ0n) is 13.2. The second-order valence-corrected chi connectivity index (χ2v) is 5.40. The minimum atomic E-state index is -0.256. The summed E-state index contributed by atoms with van der Waals surface area (Å²) in [7, 11) is 0. The second-order valence-electron chi connectivity index (χ2n) is 5.40. The highest BCUT2D eigenvalue weighted by Crippen LogP contribution is 2.16. The fraction of sp³-hybridized carbons (Fsp3) is 0.278. The molecule has 3 rings (SSSR count). The van der Waals surface area contributed by atoms with Crippen molar-refractivity contribution in [3.8, 4) is 5.75 Å². The van der Waals surface area contributed by atoms with Crippen molar-refractivity contribution < 1.29 is 13.7 Å². The van der Waals surface area contributed by atoms with E-state index in [1.807, 2.05) is 12.1 Å². The number of aromatic nitrogens is 2. The molecule has 4 nitrogen and oxygen atoms in total. The van der Waals surface area contributed by atoms with E-state index >= 15 is 0 Å². The van der Waals surface area contributed by atoms with E-state index in [0.29, 0.717) is 12.4 Å². The largest absolute Gasteiger partial charge is 0.493 e. The third-order valence-electron chi connectivity index (χ3n) is 3.94. The van der Waals surface area contributed by atoms with Crippen LogP contribution in [0.5, 0.6) is 5.75 Å². The maximum atomic E-state index is 12.8. The van der Waals surface area contributed by atoms with Crippen molar-refractivity contribution in [2.45, 2.75) is 26.4 Å². The van der Waals surface area contributed by atoms with Gasteiger partial charge in [0.1, 0.15) is 22.6 Å². The van der Waals surface area contributed by atoms with Crippen LogP contribution in [0.15, 0.2) is 48.5 Å². The average Bonchev–Trinajstić information content (AvgIpc) is 2.84. The SMILES string of the molecule is CCn1c(N)[n+](CCCOc2ccc(F)cc2)c2ccccc21. The molecule has 5 heteroatoms. The number of nitrogens with two attached hydrogens (primary N) is 1. The van der Waals surface area contributed by atoms with E-state index in [4.69, 9.17) is 10.5 Å². The highest BCUT2D eigenvalue weighted by molar-refractivity contribution is 5.73. The third kappa shape index (κ3) is 3.13. The number of benzene rings is 2. The normalized spacial score (nSPS) is 11.0. The number of hydrogen-bond acceptors (Lipinski definition) is 2. The Balaban J connectivity index is 1.67. The number of para-hydroxylation sites is 2. The Morgan fingerprint density at radius 2 is 1.87 bits per heavy atom. The Hall–Kier alpha value is -2.56. The van der Waals surface area contributed by atoms with E-state index in [1.54, 1.807) is 12.1 Å². The molecule has 0 bridgehead atoms. The van der Waals surface area contributed by atoms with Gasteiger partial charge in [-0.05, 0) is 43.3 Å². The summed E-state index contributed by atoms with van der Waals surface area (Å²) < 4.78 is 22.7. The summed E-state index contributed by atoms with van der Waals surface area (Å²) >= 11 is 0. The van der Waals surface area contributed by atoms with Crippen molar-refractivity contribution in [3.63, 3.8) is 0 Å². The van der Waals surface area contributed by atoms with E-state index in [1.165, 1.54) is 12.1 Å². The quantitative estimate of drug-likeness (QED) is 0.561. The molecule has 23 heavy (non-hydrogen) atoms. The molecule has 0 saturated heterocycles. The monoisotopic (exact) mass is 314 g/mol. The van der Waals surface area contributed by atoms with Gasteiger partial charge in [-0.25, -0.2) is 13.5 Å². The second kappa shape index (κ2) is 6.69. The number of fused-ring (bicyclic) bond motifs is 1. The van der Waals surface area contributed by atoms with Crippen molar-refractivity contribution in [2.24, 2.45) is 0 Å². The van der Waals surface area contributed by atoms with E-state index in [9.17, 15) is 4.39 Å². The van der Waals surface area contributed by atoms with Gasteiger partial charge >= 0.3 is 5.95 Å². The predicted octanol–water partition coefficient (Wildman–Crippen LogP) is 3.14. The highest BCUT2D eigenvalue weighted by atomic mass is 19.1. The molecule has 120 valence electrons. The standard InChI is InChI=1S/C18H20FN3O/c1-2-21-16-6-3-4-7-17(16)22(18(21)20)12-5-13-23-15-10-8-14(19)9-11-15/h3-4,6-11,20H,2,5,12-13H2,1H3/p+1. The Morgan fingerprint density at radius 1 is 1.13 bits per heavy atom. The summed E-state index contributed by atoms with van der Waals surface area (Å²) in [6, 6.07) is 14.3. The van der Waals surface area contributed by atoms with Crippen molar-refractivity contribution in [2.75, 3.05) is 12.3 Å². The van der Waals surface area contributed by atoms with Gasteiger partial charge in [0.2, 0.25) is 0 Å². The smallest absolute Gasteiger partial charge is 0.356 e. The average molecular weight is 314 g/mol. The third-order valence-corrected chi connectivity index (χ3v) is 3.94. The van der Waals surface area contributed by atoms with Crippen LogP contribution in [-0.4, -0.2) is 11.2 Å². The van der Waals surface area contributed by atoms with Gasteiger partial charge in [-0.15, -0.1) is 0 Å². The maximum absolute atomic E-state index is 12.8. The van der Waals surface area contributed by atoms with Gasteiger partial charge < -0.3 is 4.74 Å². The van der Waals surface area contributed by atoms with Gasteiger partial charge in [0, 0.05) is 6.42 Å². The molecule has 0 radical (unpaired) electrons. The lowest BCUT2D eigenvalue weighted by molar-refractivity contribution is -0.657. The molecule has 0 unspecified atom stereocenters. The highest BCUT2D eigenvalue weighted by Gasteiger charge is 2.18. The van der Waals surface area contributed by atoms with Gasteiger partial charge in [-0.2, -0.15) is 0 Å². The molecule has 0 aliphatic rings. The zero-order valence-corrected chi connectivity index (χ0v) is 13.2. The molecule has 0 amide bonds. The summed E-state index contributed by atoms with van der Waals surface area (Å²) in [4.78, 5) is 0. The van der Waals surface area contributed by atoms with Crippen LogP contribution in [0.3, 0.4) is 0 Å². The lowest BCUT2D eigenvalue weighted by atomic mass is 10.3. The Bertz CT molecular complexity index is 796. The molecule has 1 heterocycles. The summed E-state index contributed by atoms with van der Waals surface area (Å²) in [5, 5.41) is 0. The van der Waals surface area contributed by atoms with Gasteiger partial charge in [-0.3, -0.25) is 5.73 Å². The first-order chi connectivity index (χ1) is 11.2. The number of nitrogen functional groups attached to an aromatic ring is 1. The van der Waals surface area contributed by atoms with Gasteiger partial charge in [-0.1, -0.05) is 12.1 Å². The summed E-state index contributed by atoms with van der Waals surface area (Å²) in [6.45, 7) is 4.26. The van der Waals surface area contributed by atoms with E-state index in [2.05, 4.69) is 28.2 Å². The predicted molar refractivity (Wildman–Crippen MR) is 88.7 cm³/mol. The van der Waals surface area contributed by atoms with Crippen molar-refractivity contribution >= 4 is 17.0 Å². The number of anilines is 1. The van der Waals surface area contributed by atoms with Crippen LogP contribution in [-0.2, 0) is 13.1 Å². The number of imidazole rings is 1. The molecule has 0 aliphatic heterocycles. The number of ether oxygens (including phenoxy) is 1. The molecule has 0 aliphatic carbocycles. The molecule has 3 aromatic rings. The minimum absolute atomic E-state index is 0.256. The number of hydrogen-bond donors (Lipinski definition) is 1. The number of aryl methyl sites for hydroxylation is 2. The fourth-order valence-corrected chi connectivity index (χ4v) is 2.82. The van der Waals surface area contributed by atoms with Crippen molar-refractivity contribution in [1.29, 1.82) is 0 Å². The first kappa shape index (κ1) is 15.3.